The number of nitrogens with one attached hydrogen (secondary N) is 1. The summed E-state index contributed by atoms with van der Waals surface area (Å²) in [5, 5.41) is 2.92. The van der Waals surface area contributed by atoms with Gasteiger partial charge in [-0.1, -0.05) is 103 Å². The van der Waals surface area contributed by atoms with E-state index >= 15 is 0 Å². The van der Waals surface area contributed by atoms with E-state index in [9.17, 15) is 0 Å². The summed E-state index contributed by atoms with van der Waals surface area (Å²) in [5.74, 6) is 0. The topological polar surface area (TPSA) is 12.0 Å². The van der Waals surface area contributed by atoms with Crippen LogP contribution >= 0.6 is 0 Å². The highest BCUT2D eigenvalue weighted by atomic mass is 14.8. The Morgan fingerprint density at radius 3 is 1.14 bits per heavy atom. The Balaban J connectivity index is 0.000000471. The van der Waals surface area contributed by atoms with E-state index in [1.54, 1.807) is 0 Å². The monoisotopic (exact) mass is 291 g/mol. The summed E-state index contributed by atoms with van der Waals surface area (Å²) in [6.07, 6.45) is 29.0. The Morgan fingerprint density at radius 2 is 0.810 bits per heavy atom. The number of rotatable bonds is 11. The van der Waals surface area contributed by atoms with Gasteiger partial charge in [-0.25, -0.2) is 0 Å². The van der Waals surface area contributed by atoms with E-state index in [1.165, 1.54) is 77.0 Å². The van der Waals surface area contributed by atoms with Crippen molar-refractivity contribution < 1.29 is 0 Å². The zero-order valence-corrected chi connectivity index (χ0v) is 14.4. The SMILES string of the molecule is C1=CC=CNC=C1.CCCCCCCCCCCCCC. The van der Waals surface area contributed by atoms with E-state index in [4.69, 9.17) is 0 Å². The van der Waals surface area contributed by atoms with Crippen LogP contribution in [0.2, 0.25) is 0 Å². The highest BCUT2D eigenvalue weighted by Crippen LogP contribution is 2.11. The van der Waals surface area contributed by atoms with Crippen molar-refractivity contribution in [3.05, 3.63) is 36.7 Å². The third-order valence-corrected chi connectivity index (χ3v) is 3.68. The van der Waals surface area contributed by atoms with Crippen LogP contribution in [0.5, 0.6) is 0 Å². The maximum Gasteiger partial charge on any atom is 0.000442 e. The average molecular weight is 292 g/mol. The van der Waals surface area contributed by atoms with E-state index in [0.717, 1.165) is 0 Å². The predicted octanol–water partition coefficient (Wildman–Crippen LogP) is 6.88. The van der Waals surface area contributed by atoms with Crippen molar-refractivity contribution in [1.82, 2.24) is 5.32 Å². The molecule has 0 unspecified atom stereocenters. The molecule has 1 heterocycles. The summed E-state index contributed by atoms with van der Waals surface area (Å²) >= 11 is 0. The minimum Gasteiger partial charge on any atom is -0.368 e. The van der Waals surface area contributed by atoms with Gasteiger partial charge >= 0.3 is 0 Å². The van der Waals surface area contributed by atoms with Gasteiger partial charge in [0.25, 0.3) is 0 Å². The molecule has 122 valence electrons. The second kappa shape index (κ2) is 19.0. The van der Waals surface area contributed by atoms with Gasteiger partial charge in [-0.3, -0.25) is 0 Å². The van der Waals surface area contributed by atoms with Gasteiger partial charge in [0, 0.05) is 12.4 Å². The number of unbranched alkanes of at least 4 members (excludes halogenated alkanes) is 11. The molecule has 0 aromatic rings. The number of allylic oxidation sites excluding steroid dienone is 4. The Hall–Kier alpha value is -0.980. The van der Waals surface area contributed by atoms with Crippen molar-refractivity contribution in [2.45, 2.75) is 90.9 Å². The highest BCUT2D eigenvalue weighted by molar-refractivity contribution is 5.14. The summed E-state index contributed by atoms with van der Waals surface area (Å²) in [6, 6.07) is 0. The highest BCUT2D eigenvalue weighted by Gasteiger charge is 1.91. The molecule has 0 bridgehead atoms. The maximum absolute atomic E-state index is 2.92. The zero-order valence-electron chi connectivity index (χ0n) is 14.4. The summed E-state index contributed by atoms with van der Waals surface area (Å²) < 4.78 is 0. The smallest absolute Gasteiger partial charge is 0.000442 e. The van der Waals surface area contributed by atoms with Gasteiger partial charge < -0.3 is 5.32 Å². The largest absolute Gasteiger partial charge is 0.368 e. The normalized spacial score (nSPS) is 12.5. The first-order chi connectivity index (χ1) is 10.4. The molecule has 1 N–H and O–H groups in total. The molecule has 0 spiro atoms. The molecule has 0 aliphatic carbocycles. The summed E-state index contributed by atoms with van der Waals surface area (Å²) in [4.78, 5) is 0. The molecule has 0 aromatic carbocycles. The van der Waals surface area contributed by atoms with Crippen LogP contribution in [0, 0.1) is 0 Å². The fourth-order valence-electron chi connectivity index (χ4n) is 2.32. The molecule has 0 fully saturated rings. The van der Waals surface area contributed by atoms with E-state index < -0.39 is 0 Å². The fraction of sp³-hybridized carbons (Fsp3) is 0.700. The van der Waals surface area contributed by atoms with E-state index in [0.29, 0.717) is 0 Å². The molecule has 0 radical (unpaired) electrons. The van der Waals surface area contributed by atoms with Crippen molar-refractivity contribution in [2.24, 2.45) is 0 Å². The Labute approximate surface area is 133 Å². The summed E-state index contributed by atoms with van der Waals surface area (Å²) in [5.41, 5.74) is 0. The molecule has 0 saturated carbocycles. The predicted molar refractivity (Wildman–Crippen MR) is 97.3 cm³/mol. The molecular weight excluding hydrogens is 254 g/mol. The van der Waals surface area contributed by atoms with Crippen LogP contribution in [-0.4, -0.2) is 0 Å². The molecule has 1 aliphatic rings. The molecule has 0 amide bonds. The van der Waals surface area contributed by atoms with Crippen LogP contribution in [0.1, 0.15) is 90.9 Å². The number of hydrogen-bond donors (Lipinski definition) is 1. The van der Waals surface area contributed by atoms with Gasteiger partial charge in [0.1, 0.15) is 0 Å². The minimum atomic E-state index is 1.37. The second-order valence-corrected chi connectivity index (χ2v) is 5.81. The zero-order chi connectivity index (χ0) is 15.4. The summed E-state index contributed by atoms with van der Waals surface area (Å²) in [6.45, 7) is 4.57. The van der Waals surface area contributed by atoms with Crippen molar-refractivity contribution in [3.8, 4) is 0 Å². The van der Waals surface area contributed by atoms with Crippen LogP contribution in [0.25, 0.3) is 0 Å². The van der Waals surface area contributed by atoms with Crippen LogP contribution in [-0.2, 0) is 0 Å². The van der Waals surface area contributed by atoms with Crippen LogP contribution in [0.3, 0.4) is 0 Å². The molecule has 21 heavy (non-hydrogen) atoms. The molecule has 1 aliphatic heterocycles. The van der Waals surface area contributed by atoms with Crippen LogP contribution < -0.4 is 5.32 Å². The quantitative estimate of drug-likeness (QED) is 0.409. The maximum atomic E-state index is 2.92. The molecule has 1 nitrogen and oxygen atoms in total. The minimum absolute atomic E-state index is 1.37. The average Bonchev–Trinajstić information content (AvgIpc) is 2.82. The van der Waals surface area contributed by atoms with Gasteiger partial charge in [0.2, 0.25) is 0 Å². The lowest BCUT2D eigenvalue weighted by molar-refractivity contribution is 0.548. The standard InChI is InChI=1S/C14H30.C6H7N/c1-3-5-7-9-11-13-14-12-10-8-6-4-2;1-2-4-6-7-5-3-1/h3-14H2,1-2H3;1-7H. The molecule has 1 heteroatoms. The Morgan fingerprint density at radius 1 is 0.476 bits per heavy atom. The van der Waals surface area contributed by atoms with Crippen molar-refractivity contribution in [1.29, 1.82) is 0 Å². The van der Waals surface area contributed by atoms with Crippen molar-refractivity contribution >= 4 is 0 Å². The first-order valence-corrected chi connectivity index (χ1v) is 9.16. The van der Waals surface area contributed by atoms with Gasteiger partial charge in [-0.2, -0.15) is 0 Å². The van der Waals surface area contributed by atoms with Crippen LogP contribution in [0.15, 0.2) is 36.7 Å². The van der Waals surface area contributed by atoms with E-state index in [-0.39, 0.29) is 0 Å². The Bertz CT molecular complexity index is 237. The third-order valence-electron chi connectivity index (χ3n) is 3.68. The first kappa shape index (κ1) is 20.0. The second-order valence-electron chi connectivity index (χ2n) is 5.81. The van der Waals surface area contributed by atoms with Gasteiger partial charge in [-0.15, -0.1) is 0 Å². The third kappa shape index (κ3) is 19.0. The van der Waals surface area contributed by atoms with E-state index in [1.807, 2.05) is 36.7 Å². The Kier molecular flexibility index (Phi) is 18.1. The van der Waals surface area contributed by atoms with Crippen LogP contribution in [0.4, 0.5) is 0 Å². The molecule has 0 saturated heterocycles. The van der Waals surface area contributed by atoms with Gasteiger partial charge in [0.15, 0.2) is 0 Å². The molecule has 0 atom stereocenters. The fourth-order valence-corrected chi connectivity index (χ4v) is 2.32. The first-order valence-electron chi connectivity index (χ1n) is 9.16. The van der Waals surface area contributed by atoms with Gasteiger partial charge in [-0.05, 0) is 12.2 Å². The molecular formula is C20H37N. The summed E-state index contributed by atoms with van der Waals surface area (Å²) in [7, 11) is 0. The lowest BCUT2D eigenvalue weighted by Crippen LogP contribution is -1.87. The number of hydrogen-bond acceptors (Lipinski definition) is 1. The molecule has 1 rings (SSSR count). The lowest BCUT2D eigenvalue weighted by Gasteiger charge is -2.01. The van der Waals surface area contributed by atoms with Crippen molar-refractivity contribution in [2.75, 3.05) is 0 Å². The van der Waals surface area contributed by atoms with Crippen molar-refractivity contribution in [3.63, 3.8) is 0 Å². The van der Waals surface area contributed by atoms with E-state index in [2.05, 4.69) is 19.2 Å². The molecule has 0 aromatic heterocycles. The van der Waals surface area contributed by atoms with Gasteiger partial charge in [0.05, 0.1) is 0 Å². The lowest BCUT2D eigenvalue weighted by atomic mass is 10.1.